The molecule has 1 N–H and O–H groups in total. The van der Waals surface area contributed by atoms with E-state index in [2.05, 4.69) is 10.2 Å². The van der Waals surface area contributed by atoms with Gasteiger partial charge in [0.2, 0.25) is 5.91 Å². The summed E-state index contributed by atoms with van der Waals surface area (Å²) in [6.45, 7) is 3.12. The maximum Gasteiger partial charge on any atom is 0.244 e. The van der Waals surface area contributed by atoms with Gasteiger partial charge in [-0.05, 0) is 18.2 Å². The normalized spacial score (nSPS) is 14.3. The number of para-hydroxylation sites is 3. The van der Waals surface area contributed by atoms with E-state index in [9.17, 15) is 9.59 Å². The number of aromatic nitrogens is 1. The maximum absolute atomic E-state index is 12.7. The average Bonchev–Trinajstić information content (AvgIpc) is 3.07. The molecule has 3 aromatic rings. The molecule has 1 fully saturated rings. The molecule has 4 rings (SSSR count). The number of hydrogen-bond donors (Lipinski definition) is 1. The summed E-state index contributed by atoms with van der Waals surface area (Å²) in [6, 6.07) is 15.4. The van der Waals surface area contributed by atoms with E-state index in [0.717, 1.165) is 41.7 Å². The van der Waals surface area contributed by atoms with Crippen LogP contribution in [0.2, 0.25) is 0 Å². The second-order valence-electron chi connectivity index (χ2n) is 6.51. The van der Waals surface area contributed by atoms with Crippen molar-refractivity contribution >= 4 is 34.5 Å². The Balaban J connectivity index is 1.55. The molecule has 0 unspecified atom stereocenters. The van der Waals surface area contributed by atoms with Crippen molar-refractivity contribution in [3.05, 3.63) is 60.3 Å². The molecular weight excluding hydrogens is 342 g/mol. The van der Waals surface area contributed by atoms with Crippen molar-refractivity contribution in [2.24, 2.45) is 0 Å². The van der Waals surface area contributed by atoms with E-state index in [1.807, 2.05) is 53.1 Å². The molecule has 2 aromatic carbocycles. The van der Waals surface area contributed by atoms with Crippen LogP contribution < -0.4 is 10.2 Å². The van der Waals surface area contributed by atoms with E-state index in [4.69, 9.17) is 4.74 Å². The highest BCUT2D eigenvalue weighted by Crippen LogP contribution is 2.26. The molecule has 0 atom stereocenters. The molecule has 6 nitrogen and oxygen atoms in total. The maximum atomic E-state index is 12.7. The summed E-state index contributed by atoms with van der Waals surface area (Å²) in [7, 11) is 0. The van der Waals surface area contributed by atoms with Crippen LogP contribution in [-0.2, 0) is 16.1 Å². The number of rotatable bonds is 5. The number of morpholine rings is 1. The van der Waals surface area contributed by atoms with Crippen LogP contribution in [0.5, 0.6) is 0 Å². The third-order valence-electron chi connectivity index (χ3n) is 4.79. The zero-order chi connectivity index (χ0) is 18.6. The molecule has 1 aliphatic rings. The van der Waals surface area contributed by atoms with E-state index in [-0.39, 0.29) is 12.5 Å². The quantitative estimate of drug-likeness (QED) is 0.708. The number of nitrogens with zero attached hydrogens (tertiary/aromatic N) is 2. The molecule has 0 saturated carbocycles. The first-order chi connectivity index (χ1) is 13.3. The van der Waals surface area contributed by atoms with Crippen LogP contribution in [0.25, 0.3) is 10.9 Å². The number of aldehydes is 1. The van der Waals surface area contributed by atoms with Gasteiger partial charge in [-0.1, -0.05) is 30.3 Å². The topological polar surface area (TPSA) is 63.6 Å². The van der Waals surface area contributed by atoms with Crippen molar-refractivity contribution in [2.75, 3.05) is 36.5 Å². The number of anilines is 2. The van der Waals surface area contributed by atoms with Crippen LogP contribution in [0.1, 0.15) is 10.4 Å². The Labute approximate surface area is 157 Å². The summed E-state index contributed by atoms with van der Waals surface area (Å²) in [5.41, 5.74) is 3.25. The predicted octanol–water partition coefficient (Wildman–Crippen LogP) is 2.93. The molecule has 1 saturated heterocycles. The molecule has 1 aliphatic heterocycles. The van der Waals surface area contributed by atoms with Gasteiger partial charge in [-0.25, -0.2) is 0 Å². The van der Waals surface area contributed by atoms with E-state index < -0.39 is 0 Å². The van der Waals surface area contributed by atoms with Crippen molar-refractivity contribution in [1.82, 2.24) is 4.57 Å². The van der Waals surface area contributed by atoms with Crippen LogP contribution in [-0.4, -0.2) is 43.1 Å². The van der Waals surface area contributed by atoms with E-state index in [0.29, 0.717) is 18.8 Å². The summed E-state index contributed by atoms with van der Waals surface area (Å²) in [5.74, 6) is -0.131. The highest BCUT2D eigenvalue weighted by molar-refractivity contribution is 5.99. The van der Waals surface area contributed by atoms with E-state index in [1.54, 1.807) is 6.20 Å². The van der Waals surface area contributed by atoms with Crippen LogP contribution in [0.15, 0.2) is 54.7 Å². The first-order valence-electron chi connectivity index (χ1n) is 9.01. The van der Waals surface area contributed by atoms with Gasteiger partial charge in [-0.15, -0.1) is 0 Å². The van der Waals surface area contributed by atoms with Gasteiger partial charge >= 0.3 is 0 Å². The van der Waals surface area contributed by atoms with Gasteiger partial charge < -0.3 is 19.5 Å². The second kappa shape index (κ2) is 7.63. The summed E-state index contributed by atoms with van der Waals surface area (Å²) in [5, 5.41) is 3.87. The summed E-state index contributed by atoms with van der Waals surface area (Å²) < 4.78 is 7.23. The number of hydrogen-bond acceptors (Lipinski definition) is 4. The first-order valence-corrected chi connectivity index (χ1v) is 9.01. The lowest BCUT2D eigenvalue weighted by atomic mass is 10.2. The zero-order valence-corrected chi connectivity index (χ0v) is 14.9. The average molecular weight is 363 g/mol. The number of amides is 1. The van der Waals surface area contributed by atoms with Gasteiger partial charge in [0.25, 0.3) is 0 Å². The minimum atomic E-state index is -0.131. The van der Waals surface area contributed by atoms with Crippen molar-refractivity contribution in [3.8, 4) is 0 Å². The number of fused-ring (bicyclic) bond motifs is 1. The number of benzene rings is 2. The number of nitrogens with one attached hydrogen (secondary N) is 1. The Bertz CT molecular complexity index is 974. The van der Waals surface area contributed by atoms with Gasteiger partial charge in [0.05, 0.1) is 24.6 Å². The van der Waals surface area contributed by atoms with Crippen LogP contribution in [0.4, 0.5) is 11.4 Å². The Morgan fingerprint density at radius 2 is 1.81 bits per heavy atom. The fourth-order valence-electron chi connectivity index (χ4n) is 3.50. The van der Waals surface area contributed by atoms with Crippen LogP contribution >= 0.6 is 0 Å². The van der Waals surface area contributed by atoms with Gasteiger partial charge in [-0.3, -0.25) is 9.59 Å². The lowest BCUT2D eigenvalue weighted by molar-refractivity contribution is -0.116. The highest BCUT2D eigenvalue weighted by atomic mass is 16.5. The summed E-state index contributed by atoms with van der Waals surface area (Å²) in [4.78, 5) is 26.2. The SMILES string of the molecule is O=Cc1cn(CC(=O)Nc2ccccc2N2CCOCC2)c2ccccc12. The molecule has 1 aromatic heterocycles. The van der Waals surface area contributed by atoms with Crippen LogP contribution in [0.3, 0.4) is 0 Å². The van der Waals surface area contributed by atoms with Crippen molar-refractivity contribution in [2.45, 2.75) is 6.54 Å². The Hall–Kier alpha value is -3.12. The highest BCUT2D eigenvalue weighted by Gasteiger charge is 2.16. The fraction of sp³-hybridized carbons (Fsp3) is 0.238. The van der Waals surface area contributed by atoms with Crippen molar-refractivity contribution in [1.29, 1.82) is 0 Å². The van der Waals surface area contributed by atoms with Crippen LogP contribution in [0, 0.1) is 0 Å². The molecule has 0 spiro atoms. The molecule has 0 bridgehead atoms. The lowest BCUT2D eigenvalue weighted by Crippen LogP contribution is -2.36. The Kier molecular flexibility index (Phi) is 4.89. The largest absolute Gasteiger partial charge is 0.378 e. The van der Waals surface area contributed by atoms with Gasteiger partial charge in [0.1, 0.15) is 6.54 Å². The third-order valence-corrected chi connectivity index (χ3v) is 4.79. The van der Waals surface area contributed by atoms with Gasteiger partial charge in [-0.2, -0.15) is 0 Å². The molecule has 0 radical (unpaired) electrons. The molecule has 1 amide bonds. The second-order valence-corrected chi connectivity index (χ2v) is 6.51. The van der Waals surface area contributed by atoms with E-state index in [1.165, 1.54) is 0 Å². The van der Waals surface area contributed by atoms with Gasteiger partial charge in [0.15, 0.2) is 6.29 Å². The molecule has 27 heavy (non-hydrogen) atoms. The van der Waals surface area contributed by atoms with Crippen molar-refractivity contribution in [3.63, 3.8) is 0 Å². The zero-order valence-electron chi connectivity index (χ0n) is 14.9. The number of carbonyl (C=O) groups is 2. The lowest BCUT2D eigenvalue weighted by Gasteiger charge is -2.30. The number of carbonyl (C=O) groups excluding carboxylic acids is 2. The molecule has 6 heteroatoms. The Morgan fingerprint density at radius 3 is 2.63 bits per heavy atom. The molecule has 138 valence electrons. The number of ether oxygens (including phenoxy) is 1. The molecule has 2 heterocycles. The fourth-order valence-corrected chi connectivity index (χ4v) is 3.50. The third kappa shape index (κ3) is 3.57. The minimum absolute atomic E-state index is 0.131. The monoisotopic (exact) mass is 363 g/mol. The van der Waals surface area contributed by atoms with Gasteiger partial charge in [0, 0.05) is 35.8 Å². The summed E-state index contributed by atoms with van der Waals surface area (Å²) in [6.07, 6.45) is 2.55. The van der Waals surface area contributed by atoms with E-state index >= 15 is 0 Å². The predicted molar refractivity (Wildman–Crippen MR) is 105 cm³/mol. The van der Waals surface area contributed by atoms with Crippen molar-refractivity contribution < 1.29 is 14.3 Å². The molecular formula is C21H21N3O3. The minimum Gasteiger partial charge on any atom is -0.378 e. The Morgan fingerprint density at radius 1 is 1.07 bits per heavy atom. The first kappa shape index (κ1) is 17.3. The standard InChI is InChI=1S/C21H21N3O3/c25-15-16-13-24(19-7-3-1-5-17(16)19)14-21(26)22-18-6-2-4-8-20(18)23-9-11-27-12-10-23/h1-8,13,15H,9-12,14H2,(H,22,26). The molecule has 0 aliphatic carbocycles. The smallest absolute Gasteiger partial charge is 0.244 e. The summed E-state index contributed by atoms with van der Waals surface area (Å²) >= 11 is 0.